The van der Waals surface area contributed by atoms with Crippen LogP contribution in [0.3, 0.4) is 0 Å². The second-order valence-corrected chi connectivity index (χ2v) is 6.54. The molecule has 2 N–H and O–H groups in total. The molecule has 0 bridgehead atoms. The van der Waals surface area contributed by atoms with Crippen LogP contribution in [0.25, 0.3) is 0 Å². The van der Waals surface area contributed by atoms with Gasteiger partial charge in [-0.3, -0.25) is 14.4 Å². The van der Waals surface area contributed by atoms with Crippen LogP contribution in [0, 0.1) is 5.92 Å². The summed E-state index contributed by atoms with van der Waals surface area (Å²) >= 11 is 0. The first-order valence-electron chi connectivity index (χ1n) is 8.29. The van der Waals surface area contributed by atoms with E-state index < -0.39 is 5.97 Å². The fourth-order valence-electron chi connectivity index (χ4n) is 2.88. The van der Waals surface area contributed by atoms with Gasteiger partial charge in [0, 0.05) is 36.7 Å². The highest BCUT2D eigenvalue weighted by atomic mass is 16.4. The molecular formula is C18H24N2O4. The zero-order valence-corrected chi connectivity index (χ0v) is 14.1. The topological polar surface area (TPSA) is 86.7 Å². The van der Waals surface area contributed by atoms with Crippen molar-refractivity contribution in [3.63, 3.8) is 0 Å². The van der Waals surface area contributed by atoms with Crippen molar-refractivity contribution in [3.8, 4) is 0 Å². The largest absolute Gasteiger partial charge is 0.481 e. The summed E-state index contributed by atoms with van der Waals surface area (Å²) in [4.78, 5) is 36.9. The number of nitrogens with one attached hydrogen (secondary N) is 1. The Morgan fingerprint density at radius 3 is 2.17 bits per heavy atom. The third-order valence-electron chi connectivity index (χ3n) is 4.18. The quantitative estimate of drug-likeness (QED) is 0.865. The van der Waals surface area contributed by atoms with Gasteiger partial charge in [-0.15, -0.1) is 0 Å². The fourth-order valence-corrected chi connectivity index (χ4v) is 2.88. The van der Waals surface area contributed by atoms with Crippen LogP contribution in [0.4, 0.5) is 0 Å². The van der Waals surface area contributed by atoms with Crippen molar-refractivity contribution in [3.05, 3.63) is 35.4 Å². The number of benzene rings is 1. The van der Waals surface area contributed by atoms with Crippen LogP contribution >= 0.6 is 0 Å². The molecule has 0 radical (unpaired) electrons. The summed E-state index contributed by atoms with van der Waals surface area (Å²) in [5.41, 5.74) is 1.08. The minimum atomic E-state index is -0.782. The average Bonchev–Trinajstić information content (AvgIpc) is 2.54. The van der Waals surface area contributed by atoms with Gasteiger partial charge in [-0.05, 0) is 56.9 Å². The van der Waals surface area contributed by atoms with Crippen molar-refractivity contribution >= 4 is 17.8 Å². The summed E-state index contributed by atoms with van der Waals surface area (Å²) in [5.74, 6) is -0.859. The van der Waals surface area contributed by atoms with Gasteiger partial charge in [0.2, 0.25) is 0 Å². The van der Waals surface area contributed by atoms with Crippen molar-refractivity contribution in [2.75, 3.05) is 13.1 Å². The van der Waals surface area contributed by atoms with Gasteiger partial charge in [-0.25, -0.2) is 0 Å². The molecule has 0 aliphatic carbocycles. The standard InChI is InChI=1S/C18H24N2O4/c1-12(2)19-17(23)14-3-5-15(6-4-14)18(24)20-9-7-13(8-10-20)11-16(21)22/h3-6,12-13H,7-11H2,1-2H3,(H,19,23)(H,21,22). The molecule has 1 heterocycles. The van der Waals surface area contributed by atoms with Gasteiger partial charge < -0.3 is 15.3 Å². The highest BCUT2D eigenvalue weighted by Gasteiger charge is 2.25. The van der Waals surface area contributed by atoms with E-state index in [2.05, 4.69) is 5.32 Å². The maximum atomic E-state index is 12.5. The lowest BCUT2D eigenvalue weighted by Gasteiger charge is -2.31. The Morgan fingerprint density at radius 2 is 1.67 bits per heavy atom. The van der Waals surface area contributed by atoms with Crippen LogP contribution < -0.4 is 5.32 Å². The molecule has 24 heavy (non-hydrogen) atoms. The number of likely N-dealkylation sites (tertiary alicyclic amines) is 1. The van der Waals surface area contributed by atoms with Gasteiger partial charge >= 0.3 is 5.97 Å². The van der Waals surface area contributed by atoms with Crippen LogP contribution in [0.15, 0.2) is 24.3 Å². The summed E-state index contributed by atoms with van der Waals surface area (Å²) in [5, 5.41) is 11.6. The number of carbonyl (C=O) groups excluding carboxylic acids is 2. The van der Waals surface area contributed by atoms with E-state index >= 15 is 0 Å². The van der Waals surface area contributed by atoms with Crippen LogP contribution in [-0.2, 0) is 4.79 Å². The van der Waals surface area contributed by atoms with E-state index in [-0.39, 0.29) is 30.2 Å². The molecule has 130 valence electrons. The van der Waals surface area contributed by atoms with E-state index in [0.29, 0.717) is 37.1 Å². The number of amides is 2. The average molecular weight is 332 g/mol. The maximum absolute atomic E-state index is 12.5. The van der Waals surface area contributed by atoms with Crippen molar-refractivity contribution < 1.29 is 19.5 Å². The van der Waals surface area contributed by atoms with E-state index in [1.807, 2.05) is 13.8 Å². The molecule has 2 amide bonds. The molecule has 0 spiro atoms. The first-order chi connectivity index (χ1) is 11.4. The third-order valence-corrected chi connectivity index (χ3v) is 4.18. The first kappa shape index (κ1) is 18.0. The molecule has 1 aromatic rings. The predicted octanol–water partition coefficient (Wildman–Crippen LogP) is 2.15. The van der Waals surface area contributed by atoms with Gasteiger partial charge in [0.25, 0.3) is 11.8 Å². The molecule has 0 saturated carbocycles. The lowest BCUT2D eigenvalue weighted by atomic mass is 9.93. The molecule has 0 unspecified atom stereocenters. The van der Waals surface area contributed by atoms with E-state index in [0.717, 1.165) is 0 Å². The summed E-state index contributed by atoms with van der Waals surface area (Å²) in [6.45, 7) is 4.94. The van der Waals surface area contributed by atoms with E-state index in [1.54, 1.807) is 29.2 Å². The molecule has 0 atom stereocenters. The van der Waals surface area contributed by atoms with Crippen LogP contribution in [0.1, 0.15) is 53.8 Å². The zero-order chi connectivity index (χ0) is 17.7. The minimum Gasteiger partial charge on any atom is -0.481 e. The van der Waals surface area contributed by atoms with E-state index in [9.17, 15) is 14.4 Å². The smallest absolute Gasteiger partial charge is 0.303 e. The minimum absolute atomic E-state index is 0.0610. The van der Waals surface area contributed by atoms with Gasteiger partial charge in [0.15, 0.2) is 0 Å². The van der Waals surface area contributed by atoms with Crippen LogP contribution in [-0.4, -0.2) is 46.9 Å². The van der Waals surface area contributed by atoms with Crippen LogP contribution in [0.2, 0.25) is 0 Å². The van der Waals surface area contributed by atoms with Crippen LogP contribution in [0.5, 0.6) is 0 Å². The van der Waals surface area contributed by atoms with E-state index in [1.165, 1.54) is 0 Å². The van der Waals surface area contributed by atoms with Gasteiger partial charge in [0.05, 0.1) is 0 Å². The molecule has 6 nitrogen and oxygen atoms in total. The molecule has 6 heteroatoms. The molecule has 1 saturated heterocycles. The zero-order valence-electron chi connectivity index (χ0n) is 14.1. The second kappa shape index (κ2) is 7.95. The lowest BCUT2D eigenvalue weighted by molar-refractivity contribution is -0.138. The highest BCUT2D eigenvalue weighted by Crippen LogP contribution is 2.22. The van der Waals surface area contributed by atoms with E-state index in [4.69, 9.17) is 5.11 Å². The SMILES string of the molecule is CC(C)NC(=O)c1ccc(C(=O)N2CCC(CC(=O)O)CC2)cc1. The number of nitrogens with zero attached hydrogens (tertiary/aromatic N) is 1. The van der Waals surface area contributed by atoms with Crippen molar-refractivity contribution in [2.24, 2.45) is 5.92 Å². The molecule has 0 aromatic heterocycles. The van der Waals surface area contributed by atoms with Gasteiger partial charge in [0.1, 0.15) is 0 Å². The second-order valence-electron chi connectivity index (χ2n) is 6.54. The Morgan fingerprint density at radius 1 is 1.12 bits per heavy atom. The number of carbonyl (C=O) groups is 3. The Bertz CT molecular complexity index is 602. The number of aliphatic carboxylic acids is 1. The molecule has 1 aliphatic heterocycles. The highest BCUT2D eigenvalue weighted by molar-refractivity contribution is 5.97. The number of carboxylic acids is 1. The Balaban J connectivity index is 1.93. The monoisotopic (exact) mass is 332 g/mol. The lowest BCUT2D eigenvalue weighted by Crippen LogP contribution is -2.39. The molecule has 2 rings (SSSR count). The third kappa shape index (κ3) is 4.81. The maximum Gasteiger partial charge on any atom is 0.303 e. The first-order valence-corrected chi connectivity index (χ1v) is 8.29. The normalized spacial score (nSPS) is 15.4. The Labute approximate surface area is 141 Å². The number of hydrogen-bond donors (Lipinski definition) is 2. The van der Waals surface area contributed by atoms with Crippen molar-refractivity contribution in [1.29, 1.82) is 0 Å². The summed E-state index contributed by atoms with van der Waals surface area (Å²) in [6, 6.07) is 6.71. The fraction of sp³-hybridized carbons (Fsp3) is 0.500. The Hall–Kier alpha value is -2.37. The number of hydrogen-bond acceptors (Lipinski definition) is 3. The molecular weight excluding hydrogens is 308 g/mol. The number of rotatable bonds is 5. The summed E-state index contributed by atoms with van der Waals surface area (Å²) < 4.78 is 0. The summed E-state index contributed by atoms with van der Waals surface area (Å²) in [7, 11) is 0. The number of piperidine rings is 1. The van der Waals surface area contributed by atoms with Crippen molar-refractivity contribution in [2.45, 2.75) is 39.2 Å². The summed E-state index contributed by atoms with van der Waals surface area (Å²) in [6.07, 6.45) is 1.60. The predicted molar refractivity (Wildman–Crippen MR) is 89.9 cm³/mol. The molecule has 1 fully saturated rings. The number of carboxylic acid groups (broad SMARTS) is 1. The molecule has 1 aliphatic rings. The van der Waals surface area contributed by atoms with Crippen molar-refractivity contribution in [1.82, 2.24) is 10.2 Å². The Kier molecular flexibility index (Phi) is 5.95. The van der Waals surface area contributed by atoms with Gasteiger partial charge in [-0.2, -0.15) is 0 Å². The molecule has 1 aromatic carbocycles. The van der Waals surface area contributed by atoms with Gasteiger partial charge in [-0.1, -0.05) is 0 Å².